The van der Waals surface area contributed by atoms with Gasteiger partial charge >= 0.3 is 5.97 Å². The Hall–Kier alpha value is -2.24. The number of carboxylic acid groups (broad SMARTS) is 1. The predicted octanol–water partition coefficient (Wildman–Crippen LogP) is 1.96. The van der Waals surface area contributed by atoms with Crippen molar-refractivity contribution in [2.24, 2.45) is 5.92 Å². The first-order valence-corrected chi connectivity index (χ1v) is 7.69. The quantitative estimate of drug-likeness (QED) is 0.792. The second-order valence-corrected chi connectivity index (χ2v) is 5.89. The Morgan fingerprint density at radius 2 is 1.91 bits per heavy atom. The van der Waals surface area contributed by atoms with Gasteiger partial charge in [0.1, 0.15) is 6.54 Å². The normalized spacial score (nSPS) is 14.9. The first-order valence-electron chi connectivity index (χ1n) is 7.69. The SMILES string of the molecule is COc1ccc(CC(C)C(=O)N(CC(=O)O)C2CC2)cc1OC. The van der Waals surface area contributed by atoms with E-state index in [0.717, 1.165) is 18.4 Å². The molecule has 1 aromatic carbocycles. The number of ether oxygens (including phenoxy) is 2. The molecule has 1 fully saturated rings. The van der Waals surface area contributed by atoms with Crippen molar-refractivity contribution >= 4 is 11.9 Å². The van der Waals surface area contributed by atoms with Crippen molar-refractivity contribution in [3.05, 3.63) is 23.8 Å². The lowest BCUT2D eigenvalue weighted by molar-refractivity contribution is -0.146. The fourth-order valence-corrected chi connectivity index (χ4v) is 2.65. The van der Waals surface area contributed by atoms with Gasteiger partial charge in [0, 0.05) is 12.0 Å². The Balaban J connectivity index is 2.06. The van der Waals surface area contributed by atoms with Gasteiger partial charge in [-0.1, -0.05) is 13.0 Å². The van der Waals surface area contributed by atoms with Crippen LogP contribution in [0.4, 0.5) is 0 Å². The molecule has 1 unspecified atom stereocenters. The van der Waals surface area contributed by atoms with Crippen LogP contribution in [-0.2, 0) is 16.0 Å². The van der Waals surface area contributed by atoms with Crippen molar-refractivity contribution in [2.45, 2.75) is 32.2 Å². The highest BCUT2D eigenvalue weighted by atomic mass is 16.5. The van der Waals surface area contributed by atoms with E-state index in [9.17, 15) is 9.59 Å². The topological polar surface area (TPSA) is 76.1 Å². The standard InChI is InChI=1S/C17H23NO5/c1-11(17(21)18(10-16(19)20)13-5-6-13)8-12-4-7-14(22-2)15(9-12)23-3/h4,7,9,11,13H,5-6,8,10H2,1-3H3,(H,19,20). The number of benzene rings is 1. The third kappa shape index (κ3) is 4.37. The highest BCUT2D eigenvalue weighted by molar-refractivity contribution is 5.83. The van der Waals surface area contributed by atoms with Gasteiger partial charge in [0.2, 0.25) is 5.91 Å². The maximum Gasteiger partial charge on any atom is 0.323 e. The molecule has 126 valence electrons. The van der Waals surface area contributed by atoms with Crippen LogP contribution in [0.25, 0.3) is 0 Å². The van der Waals surface area contributed by atoms with Gasteiger partial charge in [-0.3, -0.25) is 9.59 Å². The number of amides is 1. The lowest BCUT2D eigenvalue weighted by Gasteiger charge is -2.24. The van der Waals surface area contributed by atoms with Crippen molar-refractivity contribution in [3.8, 4) is 11.5 Å². The smallest absolute Gasteiger partial charge is 0.323 e. The molecule has 1 atom stereocenters. The molecule has 23 heavy (non-hydrogen) atoms. The van der Waals surface area contributed by atoms with E-state index in [1.54, 1.807) is 20.3 Å². The minimum Gasteiger partial charge on any atom is -0.493 e. The first kappa shape index (κ1) is 17.1. The molecule has 1 aliphatic carbocycles. The molecule has 1 saturated carbocycles. The Morgan fingerprint density at radius 3 is 2.43 bits per heavy atom. The van der Waals surface area contributed by atoms with Gasteiger partial charge in [-0.05, 0) is 37.0 Å². The molecule has 0 bridgehead atoms. The maximum atomic E-state index is 12.5. The molecule has 1 aromatic rings. The second-order valence-electron chi connectivity index (χ2n) is 5.89. The minimum atomic E-state index is -0.969. The van der Waals surface area contributed by atoms with Gasteiger partial charge in [-0.25, -0.2) is 0 Å². The van der Waals surface area contributed by atoms with Gasteiger partial charge in [-0.2, -0.15) is 0 Å². The van der Waals surface area contributed by atoms with Crippen molar-refractivity contribution in [1.29, 1.82) is 0 Å². The van der Waals surface area contributed by atoms with E-state index < -0.39 is 5.97 Å². The largest absolute Gasteiger partial charge is 0.493 e. The summed E-state index contributed by atoms with van der Waals surface area (Å²) in [6.07, 6.45) is 2.31. The fraction of sp³-hybridized carbons (Fsp3) is 0.529. The average Bonchev–Trinajstić information content (AvgIpc) is 3.36. The number of hydrogen-bond donors (Lipinski definition) is 1. The molecule has 2 rings (SSSR count). The Kier molecular flexibility index (Phi) is 5.47. The first-order chi connectivity index (χ1) is 11.0. The van der Waals surface area contributed by atoms with Crippen molar-refractivity contribution < 1.29 is 24.2 Å². The number of hydrogen-bond acceptors (Lipinski definition) is 4. The summed E-state index contributed by atoms with van der Waals surface area (Å²) in [7, 11) is 3.14. The summed E-state index contributed by atoms with van der Waals surface area (Å²) in [5.74, 6) is -0.101. The summed E-state index contributed by atoms with van der Waals surface area (Å²) in [5.41, 5.74) is 0.953. The van der Waals surface area contributed by atoms with Crippen LogP contribution in [-0.4, -0.2) is 48.7 Å². The summed E-state index contributed by atoms with van der Waals surface area (Å²) >= 11 is 0. The highest BCUT2D eigenvalue weighted by Crippen LogP contribution is 2.30. The number of rotatable bonds is 8. The number of methoxy groups -OCH3 is 2. The number of carbonyl (C=O) groups excluding carboxylic acids is 1. The molecule has 1 amide bonds. The molecule has 6 nitrogen and oxygen atoms in total. The third-order valence-electron chi connectivity index (χ3n) is 3.99. The second kappa shape index (κ2) is 7.35. The van der Waals surface area contributed by atoms with Gasteiger partial charge < -0.3 is 19.5 Å². The zero-order chi connectivity index (χ0) is 17.0. The molecule has 0 heterocycles. The minimum absolute atomic E-state index is 0.0893. The Labute approximate surface area is 136 Å². The van der Waals surface area contributed by atoms with Crippen LogP contribution < -0.4 is 9.47 Å². The molecule has 1 N–H and O–H groups in total. The molecule has 6 heteroatoms. The van der Waals surface area contributed by atoms with Crippen LogP contribution in [0.15, 0.2) is 18.2 Å². The van der Waals surface area contributed by atoms with E-state index in [1.165, 1.54) is 4.90 Å². The van der Waals surface area contributed by atoms with Crippen molar-refractivity contribution in [1.82, 2.24) is 4.90 Å². The zero-order valence-electron chi connectivity index (χ0n) is 13.7. The summed E-state index contributed by atoms with van der Waals surface area (Å²) in [4.78, 5) is 25.0. The maximum absolute atomic E-state index is 12.5. The van der Waals surface area contributed by atoms with Crippen LogP contribution in [0.3, 0.4) is 0 Å². The van der Waals surface area contributed by atoms with Gasteiger partial charge in [0.25, 0.3) is 0 Å². The summed E-state index contributed by atoms with van der Waals surface area (Å²) in [5, 5.41) is 8.98. The van der Waals surface area contributed by atoms with Crippen LogP contribution in [0.1, 0.15) is 25.3 Å². The van der Waals surface area contributed by atoms with E-state index in [-0.39, 0.29) is 24.4 Å². The Bertz CT molecular complexity index is 582. The van der Waals surface area contributed by atoms with Crippen LogP contribution in [0, 0.1) is 5.92 Å². The average molecular weight is 321 g/mol. The third-order valence-corrected chi connectivity index (χ3v) is 3.99. The molecule has 1 aliphatic rings. The van der Waals surface area contributed by atoms with Crippen LogP contribution in [0.5, 0.6) is 11.5 Å². The van der Waals surface area contributed by atoms with Gasteiger partial charge in [0.05, 0.1) is 14.2 Å². The lowest BCUT2D eigenvalue weighted by Crippen LogP contribution is -2.41. The number of carbonyl (C=O) groups is 2. The lowest BCUT2D eigenvalue weighted by atomic mass is 9.99. The van der Waals surface area contributed by atoms with Crippen molar-refractivity contribution in [2.75, 3.05) is 20.8 Å². The predicted molar refractivity (Wildman–Crippen MR) is 84.8 cm³/mol. The molecular formula is C17H23NO5. The summed E-state index contributed by atoms with van der Waals surface area (Å²) in [6.45, 7) is 1.61. The molecule has 0 aliphatic heterocycles. The summed E-state index contributed by atoms with van der Waals surface area (Å²) < 4.78 is 10.5. The number of carboxylic acids is 1. The zero-order valence-corrected chi connectivity index (χ0v) is 13.7. The molecular weight excluding hydrogens is 298 g/mol. The van der Waals surface area contributed by atoms with E-state index in [0.29, 0.717) is 17.9 Å². The Morgan fingerprint density at radius 1 is 1.26 bits per heavy atom. The van der Waals surface area contributed by atoms with Crippen molar-refractivity contribution in [3.63, 3.8) is 0 Å². The van der Waals surface area contributed by atoms with Crippen LogP contribution in [0.2, 0.25) is 0 Å². The van der Waals surface area contributed by atoms with E-state index in [2.05, 4.69) is 0 Å². The van der Waals surface area contributed by atoms with Gasteiger partial charge in [0.15, 0.2) is 11.5 Å². The summed E-state index contributed by atoms with van der Waals surface area (Å²) in [6, 6.07) is 5.64. The van der Waals surface area contributed by atoms with Gasteiger partial charge in [-0.15, -0.1) is 0 Å². The highest BCUT2D eigenvalue weighted by Gasteiger charge is 2.35. The molecule has 0 aromatic heterocycles. The van der Waals surface area contributed by atoms with E-state index in [1.807, 2.05) is 19.1 Å². The molecule has 0 spiro atoms. The van der Waals surface area contributed by atoms with E-state index >= 15 is 0 Å². The molecule has 0 radical (unpaired) electrons. The number of aliphatic carboxylic acids is 1. The number of nitrogens with zero attached hydrogens (tertiary/aromatic N) is 1. The molecule has 0 saturated heterocycles. The van der Waals surface area contributed by atoms with E-state index in [4.69, 9.17) is 14.6 Å². The fourth-order valence-electron chi connectivity index (χ4n) is 2.65. The monoisotopic (exact) mass is 321 g/mol. The van der Waals surface area contributed by atoms with Crippen LogP contribution >= 0.6 is 0 Å².